The molecule has 6 nitrogen and oxygen atoms in total. The van der Waals surface area contributed by atoms with Crippen molar-refractivity contribution >= 4 is 56.9 Å². The maximum atomic E-state index is 13.2. The van der Waals surface area contributed by atoms with Crippen LogP contribution in [0.1, 0.15) is 5.56 Å². The smallest absolute Gasteiger partial charge is 0.265 e. The van der Waals surface area contributed by atoms with Crippen LogP contribution >= 0.6 is 24.0 Å². The van der Waals surface area contributed by atoms with Crippen molar-refractivity contribution in [1.82, 2.24) is 9.47 Å². The number of carbonyl (C=O) groups is 1. The van der Waals surface area contributed by atoms with E-state index < -0.39 is 0 Å². The van der Waals surface area contributed by atoms with E-state index in [0.29, 0.717) is 41.1 Å². The lowest BCUT2D eigenvalue weighted by Crippen LogP contribution is -2.38. The average Bonchev–Trinajstić information content (AvgIpc) is 2.93. The summed E-state index contributed by atoms with van der Waals surface area (Å²) in [4.78, 5) is 29.8. The molecule has 1 aromatic carbocycles. The van der Waals surface area contributed by atoms with Gasteiger partial charge in [-0.1, -0.05) is 42.2 Å². The quantitative estimate of drug-likeness (QED) is 0.568. The summed E-state index contributed by atoms with van der Waals surface area (Å²) in [6.45, 7) is 2.62. The molecule has 0 unspecified atom stereocenters. The van der Waals surface area contributed by atoms with Gasteiger partial charge >= 0.3 is 0 Å². The second kappa shape index (κ2) is 7.10. The molecule has 0 saturated carbocycles. The molecule has 0 radical (unpaired) electrons. The molecule has 27 heavy (non-hydrogen) atoms. The van der Waals surface area contributed by atoms with Gasteiger partial charge in [0.1, 0.15) is 4.32 Å². The minimum Gasteiger partial charge on any atom is -0.378 e. The summed E-state index contributed by atoms with van der Waals surface area (Å²) in [5.74, 6) is -0.173. The van der Waals surface area contributed by atoms with E-state index in [2.05, 4.69) is 4.90 Å². The molecule has 1 aromatic heterocycles. The van der Waals surface area contributed by atoms with Gasteiger partial charge in [0.05, 0.1) is 34.9 Å². The van der Waals surface area contributed by atoms with Crippen molar-refractivity contribution in [1.29, 1.82) is 0 Å². The SMILES string of the molecule is CN1C(=O)C(=Cc2c(N3CCOCC3)c3ccccc3n(C)c2=O)SC1=S. The van der Waals surface area contributed by atoms with Crippen molar-refractivity contribution in [2.75, 3.05) is 38.3 Å². The van der Waals surface area contributed by atoms with Crippen LogP contribution < -0.4 is 10.5 Å². The van der Waals surface area contributed by atoms with E-state index in [1.165, 1.54) is 16.7 Å². The van der Waals surface area contributed by atoms with Crippen LogP contribution in [0.3, 0.4) is 0 Å². The van der Waals surface area contributed by atoms with Gasteiger partial charge in [-0.15, -0.1) is 0 Å². The molecule has 1 amide bonds. The van der Waals surface area contributed by atoms with Gasteiger partial charge in [0.2, 0.25) is 0 Å². The maximum Gasteiger partial charge on any atom is 0.265 e. The number of fused-ring (bicyclic) bond motifs is 1. The summed E-state index contributed by atoms with van der Waals surface area (Å²) in [5.41, 5.74) is 2.12. The number of amides is 1. The molecule has 140 valence electrons. The summed E-state index contributed by atoms with van der Waals surface area (Å²) < 4.78 is 7.62. The molecular weight excluding hydrogens is 382 g/mol. The summed E-state index contributed by atoms with van der Waals surface area (Å²) >= 11 is 6.45. The number of para-hydroxylation sites is 1. The summed E-state index contributed by atoms with van der Waals surface area (Å²) in [7, 11) is 3.41. The number of rotatable bonds is 2. The maximum absolute atomic E-state index is 13.2. The molecule has 8 heteroatoms. The number of pyridine rings is 1. The number of morpholine rings is 1. The van der Waals surface area contributed by atoms with Gasteiger partial charge in [-0.05, 0) is 12.1 Å². The minimum absolute atomic E-state index is 0.128. The Hall–Kier alpha value is -2.16. The number of aromatic nitrogens is 1. The highest BCUT2D eigenvalue weighted by atomic mass is 32.2. The first kappa shape index (κ1) is 18.2. The van der Waals surface area contributed by atoms with Crippen molar-refractivity contribution in [2.45, 2.75) is 0 Å². The van der Waals surface area contributed by atoms with Gasteiger partial charge < -0.3 is 14.2 Å². The van der Waals surface area contributed by atoms with E-state index in [1.54, 1.807) is 24.7 Å². The molecule has 4 rings (SSSR count). The van der Waals surface area contributed by atoms with Crippen molar-refractivity contribution in [3.05, 3.63) is 45.1 Å². The molecule has 0 spiro atoms. The number of nitrogens with zero attached hydrogens (tertiary/aromatic N) is 3. The molecule has 0 atom stereocenters. The fourth-order valence-electron chi connectivity index (χ4n) is 3.44. The highest BCUT2D eigenvalue weighted by Crippen LogP contribution is 2.35. The number of anilines is 1. The third-order valence-corrected chi connectivity index (χ3v) is 6.38. The third kappa shape index (κ3) is 3.07. The molecule has 2 aromatic rings. The molecule has 0 aliphatic carbocycles. The fourth-order valence-corrected chi connectivity index (χ4v) is 4.60. The first-order valence-corrected chi connectivity index (χ1v) is 9.87. The number of hydrogen-bond acceptors (Lipinski definition) is 6. The Bertz CT molecular complexity index is 1040. The third-order valence-electron chi connectivity index (χ3n) is 4.90. The van der Waals surface area contributed by atoms with E-state index in [0.717, 1.165) is 16.6 Å². The van der Waals surface area contributed by atoms with Gasteiger partial charge in [0, 0.05) is 32.6 Å². The number of aryl methyl sites for hydroxylation is 1. The van der Waals surface area contributed by atoms with Crippen molar-refractivity contribution in [3.63, 3.8) is 0 Å². The number of benzene rings is 1. The molecular formula is C19H19N3O3S2. The zero-order valence-electron chi connectivity index (χ0n) is 15.1. The van der Waals surface area contributed by atoms with Crippen LogP contribution in [0.2, 0.25) is 0 Å². The average molecular weight is 402 g/mol. The van der Waals surface area contributed by atoms with Gasteiger partial charge in [-0.25, -0.2) is 0 Å². The molecule has 0 bridgehead atoms. The predicted octanol–water partition coefficient (Wildman–Crippen LogP) is 2.21. The molecule has 3 heterocycles. The highest BCUT2D eigenvalue weighted by molar-refractivity contribution is 8.26. The van der Waals surface area contributed by atoms with Gasteiger partial charge in [-0.3, -0.25) is 14.5 Å². The monoisotopic (exact) mass is 401 g/mol. The van der Waals surface area contributed by atoms with Crippen molar-refractivity contribution in [2.24, 2.45) is 7.05 Å². The lowest BCUT2D eigenvalue weighted by Gasteiger charge is -2.31. The topological polar surface area (TPSA) is 54.8 Å². The van der Waals surface area contributed by atoms with E-state index >= 15 is 0 Å². The standard InChI is InChI=1S/C19H19N3O3S2/c1-20-14-6-4-3-5-12(14)16(22-7-9-25-10-8-22)13(17(20)23)11-15-18(24)21(2)19(26)27-15/h3-6,11H,7-10H2,1-2H3. The second-order valence-electron chi connectivity index (χ2n) is 6.48. The minimum atomic E-state index is -0.173. The Morgan fingerprint density at radius 3 is 2.52 bits per heavy atom. The largest absolute Gasteiger partial charge is 0.378 e. The van der Waals surface area contributed by atoms with Crippen LogP contribution in [-0.2, 0) is 16.6 Å². The fraction of sp³-hybridized carbons (Fsp3) is 0.316. The number of likely N-dealkylation sites (N-methyl/N-ethyl adjacent to an activating group) is 1. The Morgan fingerprint density at radius 2 is 1.85 bits per heavy atom. The van der Waals surface area contributed by atoms with Gasteiger partial charge in [0.25, 0.3) is 11.5 Å². The van der Waals surface area contributed by atoms with Gasteiger partial charge in [0.15, 0.2) is 0 Å². The molecule has 2 aliphatic heterocycles. The molecule has 0 N–H and O–H groups in total. The second-order valence-corrected chi connectivity index (χ2v) is 8.16. The van der Waals surface area contributed by atoms with Crippen LogP contribution in [0.5, 0.6) is 0 Å². The lowest BCUT2D eigenvalue weighted by atomic mass is 10.1. The predicted molar refractivity (Wildman–Crippen MR) is 113 cm³/mol. The van der Waals surface area contributed by atoms with Crippen LogP contribution in [0, 0.1) is 0 Å². The van der Waals surface area contributed by atoms with Crippen molar-refractivity contribution < 1.29 is 9.53 Å². The van der Waals surface area contributed by atoms with E-state index in [-0.39, 0.29) is 11.5 Å². The Morgan fingerprint density at radius 1 is 1.15 bits per heavy atom. The summed E-state index contributed by atoms with van der Waals surface area (Å²) in [5, 5.41) is 0.986. The molecule has 2 saturated heterocycles. The summed E-state index contributed by atoms with van der Waals surface area (Å²) in [6.07, 6.45) is 1.70. The number of thioether (sulfide) groups is 1. The first-order chi connectivity index (χ1) is 13.0. The highest BCUT2D eigenvalue weighted by Gasteiger charge is 2.30. The first-order valence-electron chi connectivity index (χ1n) is 8.65. The van der Waals surface area contributed by atoms with Crippen molar-refractivity contribution in [3.8, 4) is 0 Å². The number of ether oxygens (including phenoxy) is 1. The van der Waals surface area contributed by atoms with E-state index in [1.807, 2.05) is 24.3 Å². The Balaban J connectivity index is 1.99. The number of thiocarbonyl (C=S) groups is 1. The van der Waals surface area contributed by atoms with E-state index in [4.69, 9.17) is 17.0 Å². The van der Waals surface area contributed by atoms with Crippen LogP contribution in [0.25, 0.3) is 17.0 Å². The number of hydrogen-bond donors (Lipinski definition) is 0. The lowest BCUT2D eigenvalue weighted by molar-refractivity contribution is -0.121. The van der Waals surface area contributed by atoms with Crippen LogP contribution in [-0.4, -0.2) is 53.0 Å². The zero-order chi connectivity index (χ0) is 19.1. The van der Waals surface area contributed by atoms with Crippen LogP contribution in [0.15, 0.2) is 34.0 Å². The summed E-state index contributed by atoms with van der Waals surface area (Å²) in [6, 6.07) is 7.84. The Labute approximate surface area is 166 Å². The van der Waals surface area contributed by atoms with E-state index in [9.17, 15) is 9.59 Å². The zero-order valence-corrected chi connectivity index (χ0v) is 16.7. The van der Waals surface area contributed by atoms with Gasteiger partial charge in [-0.2, -0.15) is 0 Å². The Kier molecular flexibility index (Phi) is 4.79. The molecule has 2 aliphatic rings. The normalized spacial score (nSPS) is 19.6. The van der Waals surface area contributed by atoms with Crippen LogP contribution in [0.4, 0.5) is 5.69 Å². The number of carbonyl (C=O) groups excluding carboxylic acids is 1. The molecule has 2 fully saturated rings.